The van der Waals surface area contributed by atoms with Gasteiger partial charge in [-0.3, -0.25) is 4.90 Å². The van der Waals surface area contributed by atoms with Crippen LogP contribution in [0.4, 0.5) is 13.2 Å². The molecule has 2 aromatic carbocycles. The molecule has 2 fully saturated rings. The third-order valence-corrected chi connectivity index (χ3v) is 6.85. The minimum Gasteiger partial charge on any atom is -0.490 e. The van der Waals surface area contributed by atoms with Crippen LogP contribution >= 0.6 is 0 Å². The Morgan fingerprint density at radius 1 is 0.967 bits per heavy atom. The van der Waals surface area contributed by atoms with E-state index in [9.17, 15) is 13.2 Å². The minimum absolute atomic E-state index is 0.00919. The number of benzene rings is 2. The van der Waals surface area contributed by atoms with Crippen molar-refractivity contribution in [3.05, 3.63) is 41.5 Å². The monoisotopic (exact) mass is 419 g/mol. The number of rotatable bonds is 5. The van der Waals surface area contributed by atoms with Crippen LogP contribution in [-0.4, -0.2) is 24.1 Å². The van der Waals surface area contributed by atoms with Crippen LogP contribution < -0.4 is 4.74 Å². The van der Waals surface area contributed by atoms with Crippen LogP contribution in [-0.2, 0) is 12.7 Å². The first-order chi connectivity index (χ1) is 14.4. The number of fused-ring (bicyclic) bond motifs is 1. The van der Waals surface area contributed by atoms with Gasteiger partial charge < -0.3 is 4.74 Å². The van der Waals surface area contributed by atoms with E-state index in [2.05, 4.69) is 11.8 Å². The number of likely N-dealkylation sites (tertiary alicyclic amines) is 1. The third kappa shape index (κ3) is 4.93. The van der Waals surface area contributed by atoms with Gasteiger partial charge in [-0.15, -0.1) is 0 Å². The second-order valence-corrected chi connectivity index (χ2v) is 9.00. The molecule has 1 aliphatic heterocycles. The Morgan fingerprint density at radius 3 is 2.33 bits per heavy atom. The number of ether oxygens (including phenoxy) is 1. The molecule has 0 aromatic heterocycles. The lowest BCUT2D eigenvalue weighted by Gasteiger charge is -2.29. The van der Waals surface area contributed by atoms with Gasteiger partial charge in [0.05, 0.1) is 6.10 Å². The Morgan fingerprint density at radius 2 is 1.67 bits per heavy atom. The summed E-state index contributed by atoms with van der Waals surface area (Å²) in [6, 6.07) is 8.79. The van der Waals surface area contributed by atoms with Crippen molar-refractivity contribution >= 4 is 10.8 Å². The highest BCUT2D eigenvalue weighted by Crippen LogP contribution is 2.43. The van der Waals surface area contributed by atoms with Gasteiger partial charge in [-0.2, -0.15) is 13.2 Å². The number of nitrogens with zero attached hydrogens (tertiary/aromatic N) is 1. The first kappa shape index (κ1) is 21.5. The van der Waals surface area contributed by atoms with Crippen molar-refractivity contribution < 1.29 is 17.9 Å². The van der Waals surface area contributed by atoms with Gasteiger partial charge in [0.1, 0.15) is 11.3 Å². The normalized spacial score (nSPS) is 23.6. The molecular weight excluding hydrogens is 387 g/mol. The molecule has 0 atom stereocenters. The maximum atomic E-state index is 14.1. The minimum atomic E-state index is -4.45. The quantitative estimate of drug-likeness (QED) is 0.508. The van der Waals surface area contributed by atoms with Crippen molar-refractivity contribution in [2.24, 2.45) is 5.92 Å². The second-order valence-electron chi connectivity index (χ2n) is 9.00. The number of alkyl halides is 3. The molecule has 0 spiro atoms. The van der Waals surface area contributed by atoms with E-state index in [1.807, 2.05) is 12.1 Å². The van der Waals surface area contributed by atoms with E-state index in [0.29, 0.717) is 17.8 Å². The number of piperidine rings is 1. The molecule has 0 bridgehead atoms. The standard InChI is InChI=1S/C25H32F3NO/c1-2-18-7-11-21(12-8-18)30-23-13-10-20-9-6-19(17-29-14-4-3-5-15-29)16-22(20)24(23)25(26,27)28/h6,9-10,13,16,18,21H,2-5,7-8,11-12,14-15,17H2,1H3. The van der Waals surface area contributed by atoms with Crippen LogP contribution in [0, 0.1) is 5.92 Å². The smallest absolute Gasteiger partial charge is 0.420 e. The van der Waals surface area contributed by atoms with Gasteiger partial charge in [-0.25, -0.2) is 0 Å². The van der Waals surface area contributed by atoms with Crippen molar-refractivity contribution in [3.8, 4) is 5.75 Å². The lowest BCUT2D eigenvalue weighted by atomic mass is 9.86. The van der Waals surface area contributed by atoms with Crippen LogP contribution in [0.5, 0.6) is 5.75 Å². The second kappa shape index (κ2) is 9.17. The zero-order valence-electron chi connectivity index (χ0n) is 17.8. The molecule has 1 saturated heterocycles. The molecule has 0 N–H and O–H groups in total. The predicted octanol–water partition coefficient (Wildman–Crippen LogP) is 7.19. The molecule has 164 valence electrons. The van der Waals surface area contributed by atoms with Gasteiger partial charge in [0.25, 0.3) is 0 Å². The molecule has 0 amide bonds. The van der Waals surface area contributed by atoms with Crippen LogP contribution in [0.3, 0.4) is 0 Å². The molecule has 2 nitrogen and oxygen atoms in total. The van der Waals surface area contributed by atoms with Gasteiger partial charge in [-0.1, -0.05) is 38.0 Å². The summed E-state index contributed by atoms with van der Waals surface area (Å²) >= 11 is 0. The van der Waals surface area contributed by atoms with E-state index in [0.717, 1.165) is 50.8 Å². The summed E-state index contributed by atoms with van der Waals surface area (Å²) in [7, 11) is 0. The summed E-state index contributed by atoms with van der Waals surface area (Å²) in [5, 5.41) is 0.878. The molecule has 5 heteroatoms. The maximum absolute atomic E-state index is 14.1. The molecule has 2 aromatic rings. The van der Waals surface area contributed by atoms with E-state index >= 15 is 0 Å². The highest BCUT2D eigenvalue weighted by Gasteiger charge is 2.37. The Balaban J connectivity index is 1.63. The highest BCUT2D eigenvalue weighted by molar-refractivity contribution is 5.89. The maximum Gasteiger partial charge on any atom is 0.420 e. The zero-order valence-corrected chi connectivity index (χ0v) is 17.8. The van der Waals surface area contributed by atoms with Gasteiger partial charge in [0.15, 0.2) is 0 Å². The van der Waals surface area contributed by atoms with Crippen molar-refractivity contribution in [2.75, 3.05) is 13.1 Å². The fraction of sp³-hybridized carbons (Fsp3) is 0.600. The summed E-state index contributed by atoms with van der Waals surface area (Å²) in [4.78, 5) is 2.34. The van der Waals surface area contributed by atoms with Crippen molar-refractivity contribution in [2.45, 2.75) is 77.1 Å². The topological polar surface area (TPSA) is 12.5 Å². The number of hydrogen-bond acceptors (Lipinski definition) is 2. The fourth-order valence-electron chi connectivity index (χ4n) is 5.05. The van der Waals surface area contributed by atoms with E-state index in [4.69, 9.17) is 4.74 Å². The number of hydrogen-bond donors (Lipinski definition) is 0. The van der Waals surface area contributed by atoms with Gasteiger partial charge in [0, 0.05) is 6.54 Å². The largest absolute Gasteiger partial charge is 0.490 e. The van der Waals surface area contributed by atoms with Crippen molar-refractivity contribution in [1.29, 1.82) is 0 Å². The van der Waals surface area contributed by atoms with E-state index in [1.54, 1.807) is 12.1 Å². The Hall–Kier alpha value is -1.75. The average molecular weight is 420 g/mol. The first-order valence-corrected chi connectivity index (χ1v) is 11.5. The Bertz CT molecular complexity index is 849. The molecule has 2 aliphatic rings. The van der Waals surface area contributed by atoms with Crippen molar-refractivity contribution in [1.82, 2.24) is 4.90 Å². The SMILES string of the molecule is CCC1CCC(Oc2ccc3ccc(CN4CCCCC4)cc3c2C(F)(F)F)CC1. The van der Waals surface area contributed by atoms with Gasteiger partial charge in [-0.05, 0) is 86.0 Å². The molecule has 1 aliphatic carbocycles. The average Bonchev–Trinajstić information content (AvgIpc) is 2.74. The van der Waals surface area contributed by atoms with E-state index < -0.39 is 11.7 Å². The lowest BCUT2D eigenvalue weighted by molar-refractivity contribution is -0.138. The molecule has 30 heavy (non-hydrogen) atoms. The molecule has 0 radical (unpaired) electrons. The van der Waals surface area contributed by atoms with Crippen LogP contribution in [0.15, 0.2) is 30.3 Å². The van der Waals surface area contributed by atoms with E-state index in [-0.39, 0.29) is 17.2 Å². The molecule has 1 saturated carbocycles. The lowest BCUT2D eigenvalue weighted by Crippen LogP contribution is -2.29. The third-order valence-electron chi connectivity index (χ3n) is 6.85. The van der Waals surface area contributed by atoms with Crippen LogP contribution in [0.25, 0.3) is 10.8 Å². The zero-order chi connectivity index (χ0) is 21.1. The van der Waals surface area contributed by atoms with Gasteiger partial charge >= 0.3 is 6.18 Å². The summed E-state index contributed by atoms with van der Waals surface area (Å²) < 4.78 is 48.4. The summed E-state index contributed by atoms with van der Waals surface area (Å²) in [5.41, 5.74) is 0.327. The Labute approximate surface area is 177 Å². The first-order valence-electron chi connectivity index (χ1n) is 11.5. The molecular formula is C25H32F3NO. The van der Waals surface area contributed by atoms with E-state index in [1.165, 1.54) is 25.3 Å². The molecule has 0 unspecified atom stereocenters. The van der Waals surface area contributed by atoms with Gasteiger partial charge in [0.2, 0.25) is 0 Å². The highest BCUT2D eigenvalue weighted by atomic mass is 19.4. The van der Waals surface area contributed by atoms with Crippen LogP contribution in [0.2, 0.25) is 0 Å². The summed E-state index contributed by atoms with van der Waals surface area (Å²) in [6.07, 6.45) is 3.89. The summed E-state index contributed by atoms with van der Waals surface area (Å²) in [5.74, 6) is 0.672. The van der Waals surface area contributed by atoms with Crippen LogP contribution in [0.1, 0.15) is 69.4 Å². The molecule has 4 rings (SSSR count). The number of halogens is 3. The predicted molar refractivity (Wildman–Crippen MR) is 115 cm³/mol. The Kier molecular flexibility index (Phi) is 6.57. The fourth-order valence-corrected chi connectivity index (χ4v) is 5.05. The molecule has 1 heterocycles. The van der Waals surface area contributed by atoms with Crippen molar-refractivity contribution in [3.63, 3.8) is 0 Å². The summed E-state index contributed by atoms with van der Waals surface area (Å²) in [6.45, 7) is 4.93.